The number of aromatic nitrogens is 1. The van der Waals surface area contributed by atoms with Crippen LogP contribution in [-0.2, 0) is 4.79 Å². The van der Waals surface area contributed by atoms with E-state index in [0.29, 0.717) is 5.82 Å². The van der Waals surface area contributed by atoms with Crippen molar-refractivity contribution in [1.29, 1.82) is 0 Å². The van der Waals surface area contributed by atoms with Gasteiger partial charge in [0, 0.05) is 16.4 Å². The summed E-state index contributed by atoms with van der Waals surface area (Å²) in [6.07, 6.45) is 3.60. The smallest absolute Gasteiger partial charge is 0.233 e. The molecule has 3 aliphatic rings. The fourth-order valence-electron chi connectivity index (χ4n) is 4.36. The lowest BCUT2D eigenvalue weighted by atomic mass is 9.43. The topological polar surface area (TPSA) is 42.0 Å². The van der Waals surface area contributed by atoms with Crippen molar-refractivity contribution in [1.82, 2.24) is 4.98 Å². The molecule has 0 aromatic carbocycles. The largest absolute Gasteiger partial charge is 0.310 e. The molecule has 2 bridgehead atoms. The zero-order valence-electron chi connectivity index (χ0n) is 11.9. The highest BCUT2D eigenvalue weighted by atomic mass is 79.9. The van der Waals surface area contributed by atoms with Crippen LogP contribution >= 0.6 is 47.8 Å². The number of hydrogen-bond donors (Lipinski definition) is 1. The Morgan fingerprint density at radius 3 is 2.57 bits per heavy atom. The number of amides is 1. The second-order valence-electron chi connectivity index (χ2n) is 6.47. The molecule has 1 aromatic heterocycles. The Labute approximate surface area is 150 Å². The Morgan fingerprint density at radius 2 is 2.10 bits per heavy atom. The molecule has 1 heterocycles. The van der Waals surface area contributed by atoms with E-state index in [-0.39, 0.29) is 30.7 Å². The molecule has 1 amide bonds. The van der Waals surface area contributed by atoms with Crippen molar-refractivity contribution in [2.45, 2.75) is 35.3 Å². The van der Waals surface area contributed by atoms with E-state index < -0.39 is 0 Å². The van der Waals surface area contributed by atoms with Gasteiger partial charge in [0.05, 0.1) is 9.15 Å². The molecule has 0 saturated heterocycles. The zero-order valence-corrected chi connectivity index (χ0v) is 16.6. The standard InChI is InChI=1S/C15H17Br3N2O/c1-13(2)14(11(17)18)6-7-15(13,10(14)16)12(21)20-9-5-3-4-8-19-9/h3-5,8,10-11H,6-7H2,1-2H3,(H,19,20,21)/t10-,14+,15+/m1/s1. The van der Waals surface area contributed by atoms with Gasteiger partial charge in [0.2, 0.25) is 5.91 Å². The minimum Gasteiger partial charge on any atom is -0.310 e. The quantitative estimate of drug-likeness (QED) is 0.637. The first kappa shape index (κ1) is 15.9. The molecule has 1 N–H and O–H groups in total. The van der Waals surface area contributed by atoms with E-state index in [2.05, 4.69) is 71.9 Å². The second-order valence-corrected chi connectivity index (χ2v) is 10.4. The molecule has 0 spiro atoms. The van der Waals surface area contributed by atoms with E-state index in [0.717, 1.165) is 12.8 Å². The maximum Gasteiger partial charge on any atom is 0.233 e. The lowest BCUT2D eigenvalue weighted by Crippen LogP contribution is -2.71. The Morgan fingerprint density at radius 1 is 1.38 bits per heavy atom. The van der Waals surface area contributed by atoms with Crippen LogP contribution in [0.2, 0.25) is 0 Å². The highest BCUT2D eigenvalue weighted by molar-refractivity contribution is 9.24. The number of halogens is 3. The van der Waals surface area contributed by atoms with E-state index in [1.165, 1.54) is 0 Å². The van der Waals surface area contributed by atoms with Crippen molar-refractivity contribution in [3.8, 4) is 0 Å². The number of alkyl halides is 3. The third-order valence-electron chi connectivity index (χ3n) is 5.80. The lowest BCUT2D eigenvalue weighted by molar-refractivity contribution is -0.155. The van der Waals surface area contributed by atoms with Crippen LogP contribution in [0, 0.1) is 16.2 Å². The Balaban J connectivity index is 1.91. The second kappa shape index (κ2) is 5.03. The fourth-order valence-corrected chi connectivity index (χ4v) is 9.28. The summed E-state index contributed by atoms with van der Waals surface area (Å²) in [7, 11) is 0. The van der Waals surface area contributed by atoms with Crippen molar-refractivity contribution in [2.24, 2.45) is 16.2 Å². The van der Waals surface area contributed by atoms with Crippen molar-refractivity contribution < 1.29 is 4.79 Å². The van der Waals surface area contributed by atoms with E-state index >= 15 is 0 Å². The first-order chi connectivity index (χ1) is 9.80. The molecule has 3 fully saturated rings. The summed E-state index contributed by atoms with van der Waals surface area (Å²) in [5.74, 6) is 0.688. The van der Waals surface area contributed by atoms with Crippen LogP contribution in [0.15, 0.2) is 24.4 Å². The Hall–Kier alpha value is 0.0600. The summed E-state index contributed by atoms with van der Waals surface area (Å²) in [5.41, 5.74) is -0.427. The molecule has 4 rings (SSSR count). The third-order valence-corrected chi connectivity index (χ3v) is 9.03. The van der Waals surface area contributed by atoms with Gasteiger partial charge in [0.25, 0.3) is 0 Å². The summed E-state index contributed by atoms with van der Waals surface area (Å²) < 4.78 is 0.190. The number of carbonyl (C=O) groups excluding carboxylic acids is 1. The van der Waals surface area contributed by atoms with Crippen LogP contribution in [-0.4, -0.2) is 19.5 Å². The van der Waals surface area contributed by atoms with Crippen molar-refractivity contribution in [3.05, 3.63) is 24.4 Å². The SMILES string of the molecule is CC1(C)[C@@]2(C(=O)Nc3ccccn3)CC[C@@]1(C(Br)Br)[C@H]2Br. The molecule has 0 unspecified atom stereocenters. The van der Waals surface area contributed by atoms with Crippen LogP contribution in [0.3, 0.4) is 0 Å². The van der Waals surface area contributed by atoms with Crippen LogP contribution in [0.4, 0.5) is 5.82 Å². The summed E-state index contributed by atoms with van der Waals surface area (Å²) in [4.78, 5) is 17.3. The van der Waals surface area contributed by atoms with Crippen molar-refractivity contribution >= 4 is 59.5 Å². The molecule has 6 heteroatoms. The summed E-state index contributed by atoms with van der Waals surface area (Å²) in [6.45, 7) is 4.40. The number of hydrogen-bond acceptors (Lipinski definition) is 2. The van der Waals surface area contributed by atoms with Gasteiger partial charge in [-0.25, -0.2) is 4.98 Å². The van der Waals surface area contributed by atoms with Crippen LogP contribution < -0.4 is 5.32 Å². The summed E-state index contributed by atoms with van der Waals surface area (Å²) >= 11 is 11.2. The number of nitrogens with one attached hydrogen (secondary N) is 1. The lowest BCUT2D eigenvalue weighted by Gasteiger charge is -2.66. The number of fused-ring (bicyclic) bond motifs is 1. The number of carbonyl (C=O) groups is 1. The van der Waals surface area contributed by atoms with Crippen molar-refractivity contribution in [3.63, 3.8) is 0 Å². The van der Waals surface area contributed by atoms with Gasteiger partial charge in [-0.3, -0.25) is 4.79 Å². The molecule has 0 aliphatic heterocycles. The highest BCUT2D eigenvalue weighted by Gasteiger charge is 2.83. The van der Waals surface area contributed by atoms with E-state index in [9.17, 15) is 4.79 Å². The van der Waals surface area contributed by atoms with Gasteiger partial charge < -0.3 is 5.32 Å². The first-order valence-electron chi connectivity index (χ1n) is 6.95. The van der Waals surface area contributed by atoms with Crippen LogP contribution in [0.25, 0.3) is 0 Å². The van der Waals surface area contributed by atoms with Gasteiger partial charge in [-0.1, -0.05) is 67.7 Å². The van der Waals surface area contributed by atoms with E-state index in [1.807, 2.05) is 18.2 Å². The third kappa shape index (κ3) is 1.75. The number of rotatable bonds is 3. The molecular formula is C15H17Br3N2O. The normalized spacial score (nSPS) is 36.4. The average molecular weight is 481 g/mol. The molecule has 3 aliphatic carbocycles. The van der Waals surface area contributed by atoms with Crippen molar-refractivity contribution in [2.75, 3.05) is 5.32 Å². The van der Waals surface area contributed by atoms with E-state index in [4.69, 9.17) is 0 Å². The monoisotopic (exact) mass is 478 g/mol. The van der Waals surface area contributed by atoms with Gasteiger partial charge in [-0.05, 0) is 30.4 Å². The predicted octanol–water partition coefficient (Wildman–Crippen LogP) is 4.71. The highest BCUT2D eigenvalue weighted by Crippen LogP contribution is 2.82. The molecular weight excluding hydrogens is 464 g/mol. The van der Waals surface area contributed by atoms with Crippen LogP contribution in [0.5, 0.6) is 0 Å². The summed E-state index contributed by atoms with van der Waals surface area (Å²) in [5, 5.41) is 2.99. The van der Waals surface area contributed by atoms with Gasteiger partial charge in [0.15, 0.2) is 0 Å². The minimum atomic E-state index is -0.385. The van der Waals surface area contributed by atoms with E-state index in [1.54, 1.807) is 6.20 Å². The number of pyridine rings is 1. The molecule has 3 nitrogen and oxygen atoms in total. The minimum absolute atomic E-state index is 0.0501. The van der Waals surface area contributed by atoms with Gasteiger partial charge >= 0.3 is 0 Å². The van der Waals surface area contributed by atoms with Gasteiger partial charge in [-0.15, -0.1) is 0 Å². The molecule has 0 radical (unpaired) electrons. The number of nitrogens with zero attached hydrogens (tertiary/aromatic N) is 1. The number of anilines is 1. The average Bonchev–Trinajstić information content (AvgIpc) is 2.89. The maximum absolute atomic E-state index is 13.0. The maximum atomic E-state index is 13.0. The first-order valence-corrected chi connectivity index (χ1v) is 9.70. The molecule has 3 saturated carbocycles. The Kier molecular flexibility index (Phi) is 3.82. The Bertz CT molecular complexity index is 578. The molecule has 114 valence electrons. The van der Waals surface area contributed by atoms with Crippen LogP contribution in [0.1, 0.15) is 26.7 Å². The summed E-state index contributed by atoms with van der Waals surface area (Å²) in [6, 6.07) is 5.54. The molecule has 21 heavy (non-hydrogen) atoms. The molecule has 1 aromatic rings. The molecule has 3 atom stereocenters. The predicted molar refractivity (Wildman–Crippen MR) is 95.1 cm³/mol. The zero-order chi connectivity index (χ0) is 15.5. The van der Waals surface area contributed by atoms with Gasteiger partial charge in [-0.2, -0.15) is 0 Å². The van der Waals surface area contributed by atoms with Gasteiger partial charge in [0.1, 0.15) is 5.82 Å². The fraction of sp³-hybridized carbons (Fsp3) is 0.600.